The second-order valence-corrected chi connectivity index (χ2v) is 4.42. The number of hydrogen-bond donors (Lipinski definition) is 1. The summed E-state index contributed by atoms with van der Waals surface area (Å²) in [5.74, 6) is 1.60. The Balaban J connectivity index is 2.27. The van der Waals surface area contributed by atoms with E-state index in [1.807, 2.05) is 6.07 Å². The number of anilines is 1. The molecule has 0 aliphatic heterocycles. The molecule has 2 rings (SSSR count). The highest BCUT2D eigenvalue weighted by Crippen LogP contribution is 2.31. The van der Waals surface area contributed by atoms with Gasteiger partial charge in [-0.25, -0.2) is 4.98 Å². The van der Waals surface area contributed by atoms with Crippen LogP contribution in [-0.2, 0) is 0 Å². The molecule has 16 heavy (non-hydrogen) atoms. The van der Waals surface area contributed by atoms with Gasteiger partial charge < -0.3 is 10.5 Å². The molecule has 0 atom stereocenters. The Morgan fingerprint density at radius 1 is 1.25 bits per heavy atom. The van der Waals surface area contributed by atoms with Crippen LogP contribution in [0.5, 0.6) is 11.5 Å². The SMILES string of the molecule is Nc1cc(Oc2ccc(Br)cc2Cl)ccn1. The molecular formula is C11H8BrClN2O. The third-order valence-electron chi connectivity index (χ3n) is 1.87. The number of nitrogens with two attached hydrogens (primary N) is 1. The Hall–Kier alpha value is -1.26. The van der Waals surface area contributed by atoms with Crippen molar-refractivity contribution in [3.63, 3.8) is 0 Å². The number of nitrogen functional groups attached to an aromatic ring is 1. The van der Waals surface area contributed by atoms with Crippen LogP contribution >= 0.6 is 27.5 Å². The minimum atomic E-state index is 0.408. The molecule has 0 spiro atoms. The van der Waals surface area contributed by atoms with Crippen LogP contribution in [0.2, 0.25) is 5.02 Å². The molecule has 0 aliphatic rings. The molecule has 0 saturated carbocycles. The van der Waals surface area contributed by atoms with Crippen LogP contribution in [0.4, 0.5) is 5.82 Å². The minimum Gasteiger partial charge on any atom is -0.456 e. The average molecular weight is 300 g/mol. The highest BCUT2D eigenvalue weighted by atomic mass is 79.9. The third kappa shape index (κ3) is 2.65. The molecule has 0 bridgehead atoms. The van der Waals surface area contributed by atoms with Gasteiger partial charge in [0.25, 0.3) is 0 Å². The van der Waals surface area contributed by atoms with Crippen molar-refractivity contribution in [2.75, 3.05) is 5.73 Å². The van der Waals surface area contributed by atoms with Crippen molar-refractivity contribution in [1.82, 2.24) is 4.98 Å². The second-order valence-electron chi connectivity index (χ2n) is 3.09. The van der Waals surface area contributed by atoms with E-state index in [0.29, 0.717) is 22.3 Å². The second kappa shape index (κ2) is 4.72. The van der Waals surface area contributed by atoms with E-state index >= 15 is 0 Å². The first-order chi connectivity index (χ1) is 7.65. The summed E-state index contributed by atoms with van der Waals surface area (Å²) in [4.78, 5) is 3.88. The molecule has 0 saturated heterocycles. The summed E-state index contributed by atoms with van der Waals surface area (Å²) in [7, 11) is 0. The summed E-state index contributed by atoms with van der Waals surface area (Å²) in [5, 5.41) is 0.532. The van der Waals surface area contributed by atoms with E-state index in [0.717, 1.165) is 4.47 Å². The maximum atomic E-state index is 6.02. The standard InChI is InChI=1S/C11H8BrClN2O/c12-7-1-2-10(9(13)5-7)16-8-3-4-15-11(14)6-8/h1-6H,(H2,14,15). The van der Waals surface area contributed by atoms with Crippen LogP contribution in [0.3, 0.4) is 0 Å². The smallest absolute Gasteiger partial charge is 0.146 e. The number of aromatic nitrogens is 1. The molecule has 0 amide bonds. The molecule has 1 aromatic heterocycles. The van der Waals surface area contributed by atoms with Gasteiger partial charge in [-0.05, 0) is 24.3 Å². The zero-order chi connectivity index (χ0) is 11.5. The van der Waals surface area contributed by atoms with Crippen LogP contribution in [-0.4, -0.2) is 4.98 Å². The predicted octanol–water partition coefficient (Wildman–Crippen LogP) is 3.87. The number of nitrogens with zero attached hydrogens (tertiary/aromatic N) is 1. The van der Waals surface area contributed by atoms with Crippen molar-refractivity contribution < 1.29 is 4.74 Å². The minimum absolute atomic E-state index is 0.408. The summed E-state index contributed by atoms with van der Waals surface area (Å²) in [6, 6.07) is 8.75. The van der Waals surface area contributed by atoms with Crippen molar-refractivity contribution >= 4 is 33.3 Å². The van der Waals surface area contributed by atoms with E-state index in [1.165, 1.54) is 0 Å². The van der Waals surface area contributed by atoms with Crippen molar-refractivity contribution in [1.29, 1.82) is 0 Å². The predicted molar refractivity (Wildman–Crippen MR) is 67.9 cm³/mol. The first kappa shape index (κ1) is 11.2. The molecule has 2 N–H and O–H groups in total. The quantitative estimate of drug-likeness (QED) is 0.915. The lowest BCUT2D eigenvalue weighted by Gasteiger charge is -2.07. The van der Waals surface area contributed by atoms with Gasteiger partial charge in [-0.3, -0.25) is 0 Å². The number of hydrogen-bond acceptors (Lipinski definition) is 3. The lowest BCUT2D eigenvalue weighted by atomic mass is 10.3. The lowest BCUT2D eigenvalue weighted by Crippen LogP contribution is -1.91. The van der Waals surface area contributed by atoms with E-state index in [-0.39, 0.29) is 0 Å². The summed E-state index contributed by atoms with van der Waals surface area (Å²) in [6.07, 6.45) is 1.58. The van der Waals surface area contributed by atoms with Crippen molar-refractivity contribution in [2.45, 2.75) is 0 Å². The van der Waals surface area contributed by atoms with Gasteiger partial charge in [-0.1, -0.05) is 27.5 Å². The van der Waals surface area contributed by atoms with Gasteiger partial charge in [0.15, 0.2) is 0 Å². The van der Waals surface area contributed by atoms with Crippen LogP contribution in [0.15, 0.2) is 41.0 Å². The highest BCUT2D eigenvalue weighted by molar-refractivity contribution is 9.10. The Kier molecular flexibility index (Phi) is 3.31. The maximum Gasteiger partial charge on any atom is 0.146 e. The normalized spacial score (nSPS) is 10.1. The third-order valence-corrected chi connectivity index (χ3v) is 2.66. The van der Waals surface area contributed by atoms with Gasteiger partial charge in [0.2, 0.25) is 0 Å². The fraction of sp³-hybridized carbons (Fsp3) is 0. The van der Waals surface area contributed by atoms with Gasteiger partial charge >= 0.3 is 0 Å². The lowest BCUT2D eigenvalue weighted by molar-refractivity contribution is 0.482. The van der Waals surface area contributed by atoms with Gasteiger partial charge in [-0.15, -0.1) is 0 Å². The zero-order valence-corrected chi connectivity index (χ0v) is 10.5. The summed E-state index contributed by atoms with van der Waals surface area (Å²) in [5.41, 5.74) is 5.54. The van der Waals surface area contributed by atoms with Crippen molar-refractivity contribution in [3.8, 4) is 11.5 Å². The molecule has 0 unspecified atom stereocenters. The van der Waals surface area contributed by atoms with Gasteiger partial charge in [-0.2, -0.15) is 0 Å². The van der Waals surface area contributed by atoms with Gasteiger partial charge in [0.1, 0.15) is 17.3 Å². The molecule has 0 radical (unpaired) electrons. The first-order valence-electron chi connectivity index (χ1n) is 4.49. The Labute approximate surface area is 106 Å². The molecule has 1 aromatic carbocycles. The zero-order valence-electron chi connectivity index (χ0n) is 8.15. The highest BCUT2D eigenvalue weighted by Gasteiger charge is 2.04. The summed E-state index contributed by atoms with van der Waals surface area (Å²) in [6.45, 7) is 0. The van der Waals surface area contributed by atoms with E-state index < -0.39 is 0 Å². The number of pyridine rings is 1. The van der Waals surface area contributed by atoms with E-state index in [1.54, 1.807) is 30.5 Å². The van der Waals surface area contributed by atoms with Crippen molar-refractivity contribution in [2.24, 2.45) is 0 Å². The van der Waals surface area contributed by atoms with E-state index in [9.17, 15) is 0 Å². The molecule has 1 heterocycles. The van der Waals surface area contributed by atoms with Crippen molar-refractivity contribution in [3.05, 3.63) is 46.0 Å². The largest absolute Gasteiger partial charge is 0.456 e. The average Bonchev–Trinajstić information content (AvgIpc) is 2.22. The monoisotopic (exact) mass is 298 g/mol. The van der Waals surface area contributed by atoms with Crippen LogP contribution in [0, 0.1) is 0 Å². The number of halogens is 2. The molecular weight excluding hydrogens is 291 g/mol. The Morgan fingerprint density at radius 2 is 2.06 bits per heavy atom. The van der Waals surface area contributed by atoms with Crippen LogP contribution < -0.4 is 10.5 Å². The molecule has 0 fully saturated rings. The van der Waals surface area contributed by atoms with Crippen LogP contribution in [0.25, 0.3) is 0 Å². The fourth-order valence-electron chi connectivity index (χ4n) is 1.18. The topological polar surface area (TPSA) is 48.1 Å². The Morgan fingerprint density at radius 3 is 2.75 bits per heavy atom. The number of benzene rings is 1. The molecule has 0 aliphatic carbocycles. The molecule has 82 valence electrons. The number of ether oxygens (including phenoxy) is 1. The van der Waals surface area contributed by atoms with Gasteiger partial charge in [0.05, 0.1) is 5.02 Å². The van der Waals surface area contributed by atoms with E-state index in [4.69, 9.17) is 22.1 Å². The molecule has 5 heteroatoms. The maximum absolute atomic E-state index is 6.02. The Bertz CT molecular complexity index is 519. The van der Waals surface area contributed by atoms with Gasteiger partial charge in [0, 0.05) is 16.7 Å². The summed E-state index contributed by atoms with van der Waals surface area (Å²) >= 11 is 9.34. The first-order valence-corrected chi connectivity index (χ1v) is 5.67. The molecule has 2 aromatic rings. The fourth-order valence-corrected chi connectivity index (χ4v) is 1.89. The van der Waals surface area contributed by atoms with E-state index in [2.05, 4.69) is 20.9 Å². The molecule has 3 nitrogen and oxygen atoms in total. The summed E-state index contributed by atoms with van der Waals surface area (Å²) < 4.78 is 6.47. The number of rotatable bonds is 2. The van der Waals surface area contributed by atoms with Crippen LogP contribution in [0.1, 0.15) is 0 Å².